The summed E-state index contributed by atoms with van der Waals surface area (Å²) < 4.78 is 9.01. The molecule has 3 aromatic rings. The number of hydrogen-bond acceptors (Lipinski definition) is 4. The SMILES string of the molecule is CCn1c(C2CCCN2)cc(=O)n2nc(-c3ccco3)cc12. The van der Waals surface area contributed by atoms with Gasteiger partial charge in [-0.1, -0.05) is 0 Å². The summed E-state index contributed by atoms with van der Waals surface area (Å²) in [6, 6.07) is 7.54. The molecule has 4 heterocycles. The van der Waals surface area contributed by atoms with Gasteiger partial charge in [-0.3, -0.25) is 4.79 Å². The largest absolute Gasteiger partial charge is 0.463 e. The van der Waals surface area contributed by atoms with E-state index in [0.717, 1.165) is 37.3 Å². The second-order valence-corrected chi connectivity index (χ2v) is 5.58. The molecule has 4 rings (SSSR count). The zero-order valence-electron chi connectivity index (χ0n) is 12.5. The first-order valence-corrected chi connectivity index (χ1v) is 7.68. The summed E-state index contributed by atoms with van der Waals surface area (Å²) in [5.74, 6) is 0.672. The Bertz CT molecular complexity index is 854. The van der Waals surface area contributed by atoms with Gasteiger partial charge in [0.25, 0.3) is 5.56 Å². The number of fused-ring (bicyclic) bond motifs is 1. The summed E-state index contributed by atoms with van der Waals surface area (Å²) in [7, 11) is 0. The van der Waals surface area contributed by atoms with Crippen LogP contribution in [0.2, 0.25) is 0 Å². The Kier molecular flexibility index (Phi) is 3.11. The predicted octanol–water partition coefficient (Wildman–Crippen LogP) is 2.20. The van der Waals surface area contributed by atoms with Gasteiger partial charge in [-0.25, -0.2) is 0 Å². The van der Waals surface area contributed by atoms with E-state index in [-0.39, 0.29) is 11.6 Å². The normalized spacial score (nSPS) is 18.3. The van der Waals surface area contributed by atoms with Gasteiger partial charge < -0.3 is 14.3 Å². The zero-order valence-corrected chi connectivity index (χ0v) is 12.5. The molecule has 1 saturated heterocycles. The summed E-state index contributed by atoms with van der Waals surface area (Å²) in [5.41, 5.74) is 2.44. The molecule has 0 aliphatic carbocycles. The third-order valence-corrected chi connectivity index (χ3v) is 4.27. The van der Waals surface area contributed by atoms with Crippen molar-refractivity contribution < 1.29 is 4.42 Å². The molecule has 1 fully saturated rings. The topological polar surface area (TPSA) is 64.5 Å². The van der Waals surface area contributed by atoms with E-state index >= 15 is 0 Å². The second kappa shape index (κ2) is 5.14. The Morgan fingerprint density at radius 1 is 1.45 bits per heavy atom. The third kappa shape index (κ3) is 1.99. The lowest BCUT2D eigenvalue weighted by Gasteiger charge is -2.18. The number of nitrogens with zero attached hydrogens (tertiary/aromatic N) is 3. The Morgan fingerprint density at radius 2 is 2.36 bits per heavy atom. The maximum atomic E-state index is 12.4. The van der Waals surface area contributed by atoms with Gasteiger partial charge in [-0.15, -0.1) is 0 Å². The van der Waals surface area contributed by atoms with Crippen LogP contribution in [0.3, 0.4) is 0 Å². The van der Waals surface area contributed by atoms with Crippen LogP contribution in [0.1, 0.15) is 31.5 Å². The highest BCUT2D eigenvalue weighted by Gasteiger charge is 2.22. The van der Waals surface area contributed by atoms with Gasteiger partial charge >= 0.3 is 0 Å². The number of aromatic nitrogens is 3. The van der Waals surface area contributed by atoms with Crippen molar-refractivity contribution in [2.24, 2.45) is 0 Å². The van der Waals surface area contributed by atoms with Crippen LogP contribution in [0.4, 0.5) is 0 Å². The summed E-state index contributed by atoms with van der Waals surface area (Å²) in [5, 5.41) is 7.87. The molecule has 3 aromatic heterocycles. The molecule has 6 nitrogen and oxygen atoms in total. The van der Waals surface area contributed by atoms with Gasteiger partial charge in [0.1, 0.15) is 11.3 Å². The Labute approximate surface area is 127 Å². The van der Waals surface area contributed by atoms with Crippen molar-refractivity contribution in [3.63, 3.8) is 0 Å². The molecule has 0 spiro atoms. The highest BCUT2D eigenvalue weighted by atomic mass is 16.3. The molecule has 0 saturated carbocycles. The number of aryl methyl sites for hydroxylation is 1. The Morgan fingerprint density at radius 3 is 3.05 bits per heavy atom. The molecule has 1 unspecified atom stereocenters. The van der Waals surface area contributed by atoms with Crippen LogP contribution < -0.4 is 10.9 Å². The Balaban J connectivity index is 1.94. The average Bonchev–Trinajstić information content (AvgIpc) is 3.26. The fourth-order valence-electron chi connectivity index (χ4n) is 3.24. The molecular formula is C16H18N4O2. The van der Waals surface area contributed by atoms with E-state index < -0.39 is 0 Å². The number of furan rings is 1. The van der Waals surface area contributed by atoms with Gasteiger partial charge in [-0.2, -0.15) is 9.61 Å². The van der Waals surface area contributed by atoms with Gasteiger partial charge in [-0.05, 0) is 38.4 Å². The van der Waals surface area contributed by atoms with Crippen molar-refractivity contribution in [1.29, 1.82) is 0 Å². The van der Waals surface area contributed by atoms with Crippen LogP contribution in [0, 0.1) is 0 Å². The fourth-order valence-corrected chi connectivity index (χ4v) is 3.24. The molecule has 114 valence electrons. The monoisotopic (exact) mass is 298 g/mol. The summed E-state index contributed by atoms with van der Waals surface area (Å²) in [6.45, 7) is 3.88. The van der Waals surface area contributed by atoms with Crippen LogP contribution in [-0.4, -0.2) is 20.7 Å². The molecule has 1 aliphatic rings. The van der Waals surface area contributed by atoms with Gasteiger partial charge in [0.05, 0.1) is 6.26 Å². The lowest BCUT2D eigenvalue weighted by Crippen LogP contribution is -2.25. The highest BCUT2D eigenvalue weighted by molar-refractivity contribution is 5.59. The molecule has 0 amide bonds. The van der Waals surface area contributed by atoms with E-state index in [0.29, 0.717) is 11.5 Å². The summed E-state index contributed by atoms with van der Waals surface area (Å²) in [6.07, 6.45) is 3.82. The molecule has 0 aromatic carbocycles. The predicted molar refractivity (Wildman–Crippen MR) is 82.8 cm³/mol. The van der Waals surface area contributed by atoms with Crippen LogP contribution in [0.15, 0.2) is 39.7 Å². The van der Waals surface area contributed by atoms with Gasteiger partial charge in [0.15, 0.2) is 5.76 Å². The van der Waals surface area contributed by atoms with Crippen molar-refractivity contribution in [1.82, 2.24) is 19.5 Å². The molecule has 0 bridgehead atoms. The van der Waals surface area contributed by atoms with Crippen molar-refractivity contribution in [3.05, 3.63) is 46.6 Å². The maximum Gasteiger partial charge on any atom is 0.274 e. The fraction of sp³-hybridized carbons (Fsp3) is 0.375. The van der Waals surface area contributed by atoms with Crippen LogP contribution in [0.25, 0.3) is 17.1 Å². The van der Waals surface area contributed by atoms with Crippen molar-refractivity contribution in [2.75, 3.05) is 6.54 Å². The van der Waals surface area contributed by atoms with E-state index in [1.807, 2.05) is 18.2 Å². The van der Waals surface area contributed by atoms with E-state index in [1.54, 1.807) is 12.3 Å². The van der Waals surface area contributed by atoms with Crippen LogP contribution in [0.5, 0.6) is 0 Å². The molecule has 1 N–H and O–H groups in total. The van der Waals surface area contributed by atoms with Gasteiger partial charge in [0, 0.05) is 30.4 Å². The minimum atomic E-state index is -0.0961. The summed E-state index contributed by atoms with van der Waals surface area (Å²) in [4.78, 5) is 12.4. The third-order valence-electron chi connectivity index (χ3n) is 4.27. The standard InChI is InChI=1S/C16H18N4O2/c1-2-19-13(11-5-3-7-17-11)10-16(21)20-15(19)9-12(18-20)14-6-4-8-22-14/h4,6,8-11,17H,2-3,5,7H2,1H3. The van der Waals surface area contributed by atoms with E-state index in [9.17, 15) is 4.79 Å². The minimum Gasteiger partial charge on any atom is -0.463 e. The van der Waals surface area contributed by atoms with Crippen molar-refractivity contribution in [3.8, 4) is 11.5 Å². The first kappa shape index (κ1) is 13.3. The van der Waals surface area contributed by atoms with Crippen LogP contribution >= 0.6 is 0 Å². The first-order chi connectivity index (χ1) is 10.8. The van der Waals surface area contributed by atoms with Crippen molar-refractivity contribution >= 4 is 5.65 Å². The molecular weight excluding hydrogens is 280 g/mol. The van der Waals surface area contributed by atoms with E-state index in [4.69, 9.17) is 4.42 Å². The zero-order chi connectivity index (χ0) is 15.1. The van der Waals surface area contributed by atoms with E-state index in [2.05, 4.69) is 21.9 Å². The molecule has 1 atom stereocenters. The smallest absolute Gasteiger partial charge is 0.274 e. The maximum absolute atomic E-state index is 12.4. The lowest BCUT2D eigenvalue weighted by atomic mass is 10.1. The number of hydrogen-bond donors (Lipinski definition) is 1. The minimum absolute atomic E-state index is 0.0961. The Hall–Kier alpha value is -2.34. The summed E-state index contributed by atoms with van der Waals surface area (Å²) >= 11 is 0. The van der Waals surface area contributed by atoms with Gasteiger partial charge in [0.2, 0.25) is 0 Å². The quantitative estimate of drug-likeness (QED) is 0.805. The average molecular weight is 298 g/mol. The lowest BCUT2D eigenvalue weighted by molar-refractivity contribution is 0.566. The molecule has 0 radical (unpaired) electrons. The highest BCUT2D eigenvalue weighted by Crippen LogP contribution is 2.25. The number of rotatable bonds is 3. The van der Waals surface area contributed by atoms with Crippen molar-refractivity contribution in [2.45, 2.75) is 32.4 Å². The second-order valence-electron chi connectivity index (χ2n) is 5.58. The number of nitrogens with one attached hydrogen (secondary N) is 1. The molecule has 6 heteroatoms. The molecule has 22 heavy (non-hydrogen) atoms. The first-order valence-electron chi connectivity index (χ1n) is 7.68. The van der Waals surface area contributed by atoms with Crippen LogP contribution in [-0.2, 0) is 6.54 Å². The molecule has 1 aliphatic heterocycles. The van der Waals surface area contributed by atoms with E-state index in [1.165, 1.54) is 4.52 Å².